The standard InChI is InChI=1S/C12H21N3O4S/c1-14-12(13)20-10-5-7(16)11(18)8(19-10)6-15-4-2-3-9(15)17/h7-8,10-11,16,18H,2-6H2,1H3,(H2,13,14)/t7-,8-,10-,11+/m1/s1. The van der Waals surface area contributed by atoms with Gasteiger partial charge in [0.05, 0.1) is 6.10 Å². The fourth-order valence-electron chi connectivity index (χ4n) is 2.45. The summed E-state index contributed by atoms with van der Waals surface area (Å²) in [6.45, 7) is 0.965. The maximum absolute atomic E-state index is 11.6. The summed E-state index contributed by atoms with van der Waals surface area (Å²) in [7, 11) is 1.64. The molecule has 114 valence electrons. The van der Waals surface area contributed by atoms with Crippen LogP contribution in [0.3, 0.4) is 0 Å². The van der Waals surface area contributed by atoms with E-state index < -0.39 is 23.7 Å². The van der Waals surface area contributed by atoms with Crippen LogP contribution in [0.5, 0.6) is 0 Å². The van der Waals surface area contributed by atoms with Gasteiger partial charge < -0.3 is 25.2 Å². The minimum absolute atomic E-state index is 0.0630. The molecule has 4 atom stereocenters. The van der Waals surface area contributed by atoms with Crippen LogP contribution in [-0.4, -0.2) is 70.1 Å². The fraction of sp³-hybridized carbons (Fsp3) is 0.833. The Morgan fingerprint density at radius 1 is 1.60 bits per heavy atom. The molecule has 8 heteroatoms. The van der Waals surface area contributed by atoms with Crippen LogP contribution in [0.2, 0.25) is 0 Å². The average molecular weight is 303 g/mol. The first-order valence-corrected chi connectivity index (χ1v) is 7.61. The molecule has 2 rings (SSSR count). The highest BCUT2D eigenvalue weighted by Gasteiger charge is 2.39. The van der Waals surface area contributed by atoms with Crippen LogP contribution in [0.25, 0.3) is 0 Å². The first-order chi connectivity index (χ1) is 9.51. The number of thioether (sulfide) groups is 1. The molecule has 0 radical (unpaired) electrons. The highest BCUT2D eigenvalue weighted by molar-refractivity contribution is 8.14. The largest absolute Gasteiger partial charge is 0.390 e. The highest BCUT2D eigenvalue weighted by atomic mass is 32.2. The number of rotatable bonds is 3. The molecule has 2 aliphatic rings. The number of hydrogen-bond donors (Lipinski definition) is 4. The van der Waals surface area contributed by atoms with Crippen LogP contribution in [0.15, 0.2) is 0 Å². The van der Waals surface area contributed by atoms with Gasteiger partial charge in [-0.25, -0.2) is 0 Å². The molecule has 20 heavy (non-hydrogen) atoms. The molecule has 0 aromatic heterocycles. The van der Waals surface area contributed by atoms with Crippen LogP contribution in [-0.2, 0) is 9.53 Å². The molecule has 0 aromatic carbocycles. The summed E-state index contributed by atoms with van der Waals surface area (Å²) in [6.07, 6.45) is -0.873. The van der Waals surface area contributed by atoms with Crippen molar-refractivity contribution < 1.29 is 19.7 Å². The van der Waals surface area contributed by atoms with Gasteiger partial charge in [0.2, 0.25) is 5.91 Å². The van der Waals surface area contributed by atoms with Crippen LogP contribution >= 0.6 is 11.8 Å². The topological polar surface area (TPSA) is 106 Å². The molecular formula is C12H21N3O4S. The Morgan fingerprint density at radius 2 is 2.35 bits per heavy atom. The van der Waals surface area contributed by atoms with Gasteiger partial charge in [-0.05, 0) is 6.42 Å². The fourth-order valence-corrected chi connectivity index (χ4v) is 3.32. The van der Waals surface area contributed by atoms with Gasteiger partial charge in [0.1, 0.15) is 17.6 Å². The molecular weight excluding hydrogens is 282 g/mol. The lowest BCUT2D eigenvalue weighted by Gasteiger charge is -2.38. The van der Waals surface area contributed by atoms with Crippen molar-refractivity contribution in [1.82, 2.24) is 10.2 Å². The van der Waals surface area contributed by atoms with E-state index in [0.717, 1.165) is 18.2 Å². The van der Waals surface area contributed by atoms with E-state index >= 15 is 0 Å². The van der Waals surface area contributed by atoms with Crippen molar-refractivity contribution in [3.05, 3.63) is 0 Å². The first-order valence-electron chi connectivity index (χ1n) is 6.73. The van der Waals surface area contributed by atoms with E-state index in [9.17, 15) is 15.0 Å². The second-order valence-electron chi connectivity index (χ2n) is 5.04. The Labute approximate surface area is 122 Å². The smallest absolute Gasteiger partial charge is 0.222 e. The molecule has 0 unspecified atom stereocenters. The van der Waals surface area contributed by atoms with E-state index in [1.165, 1.54) is 0 Å². The monoisotopic (exact) mass is 303 g/mol. The highest BCUT2D eigenvalue weighted by Crippen LogP contribution is 2.29. The lowest BCUT2D eigenvalue weighted by atomic mass is 10.0. The second kappa shape index (κ2) is 6.75. The van der Waals surface area contributed by atoms with Crippen molar-refractivity contribution in [3.63, 3.8) is 0 Å². The molecule has 2 heterocycles. The van der Waals surface area contributed by atoms with Crippen LogP contribution < -0.4 is 5.32 Å². The summed E-state index contributed by atoms with van der Waals surface area (Å²) < 4.78 is 5.73. The zero-order chi connectivity index (χ0) is 14.7. The number of amidine groups is 1. The first kappa shape index (κ1) is 15.6. The van der Waals surface area contributed by atoms with Gasteiger partial charge in [0.25, 0.3) is 0 Å². The zero-order valence-corrected chi connectivity index (χ0v) is 12.2. The zero-order valence-electron chi connectivity index (χ0n) is 11.4. The number of carbonyl (C=O) groups excluding carboxylic acids is 1. The van der Waals surface area contributed by atoms with Gasteiger partial charge in [-0.1, -0.05) is 11.8 Å². The number of amides is 1. The molecule has 2 aliphatic heterocycles. The number of aliphatic hydroxyl groups is 2. The molecule has 7 nitrogen and oxygen atoms in total. The van der Waals surface area contributed by atoms with Crippen molar-refractivity contribution in [1.29, 1.82) is 5.41 Å². The van der Waals surface area contributed by atoms with E-state index in [2.05, 4.69) is 5.32 Å². The number of likely N-dealkylation sites (tertiary alicyclic amines) is 1. The lowest BCUT2D eigenvalue weighted by Crippen LogP contribution is -2.52. The van der Waals surface area contributed by atoms with Gasteiger partial charge in [-0.3, -0.25) is 10.2 Å². The Bertz CT molecular complexity index is 382. The average Bonchev–Trinajstić information content (AvgIpc) is 2.81. The van der Waals surface area contributed by atoms with E-state index in [1.54, 1.807) is 11.9 Å². The molecule has 0 bridgehead atoms. The second-order valence-corrected chi connectivity index (χ2v) is 6.21. The van der Waals surface area contributed by atoms with E-state index in [4.69, 9.17) is 10.1 Å². The SMILES string of the molecule is CNC(=N)S[C@@H]1C[C@@H](O)[C@H](O)[C@@H](CN2CCCC2=O)O1. The molecule has 0 saturated carbocycles. The third-order valence-corrected chi connectivity index (χ3v) is 4.59. The normalized spacial score (nSPS) is 34.4. The van der Waals surface area contributed by atoms with Gasteiger partial charge in [0.15, 0.2) is 5.17 Å². The lowest BCUT2D eigenvalue weighted by molar-refractivity contribution is -0.155. The van der Waals surface area contributed by atoms with E-state index in [-0.39, 0.29) is 17.5 Å². The van der Waals surface area contributed by atoms with Crippen molar-refractivity contribution >= 4 is 22.8 Å². The van der Waals surface area contributed by atoms with Crippen LogP contribution in [0.1, 0.15) is 19.3 Å². The Hall–Kier alpha value is -0.830. The van der Waals surface area contributed by atoms with Gasteiger partial charge in [0, 0.05) is 33.0 Å². The predicted molar refractivity (Wildman–Crippen MR) is 75.5 cm³/mol. The summed E-state index contributed by atoms with van der Waals surface area (Å²) in [5.74, 6) is 0.0630. The van der Waals surface area contributed by atoms with Crippen molar-refractivity contribution in [2.45, 2.75) is 43.0 Å². The minimum Gasteiger partial charge on any atom is -0.390 e. The summed E-state index contributed by atoms with van der Waals surface area (Å²) in [4.78, 5) is 13.3. The Balaban J connectivity index is 1.95. The van der Waals surface area contributed by atoms with E-state index in [1.807, 2.05) is 0 Å². The number of aliphatic hydroxyl groups excluding tert-OH is 2. The van der Waals surface area contributed by atoms with Gasteiger partial charge in [-0.2, -0.15) is 0 Å². The van der Waals surface area contributed by atoms with E-state index in [0.29, 0.717) is 19.5 Å². The van der Waals surface area contributed by atoms with Crippen molar-refractivity contribution in [2.24, 2.45) is 0 Å². The summed E-state index contributed by atoms with van der Waals surface area (Å²) >= 11 is 1.16. The third-order valence-electron chi connectivity index (χ3n) is 3.58. The molecule has 1 amide bonds. The van der Waals surface area contributed by atoms with Crippen molar-refractivity contribution in [2.75, 3.05) is 20.1 Å². The van der Waals surface area contributed by atoms with Gasteiger partial charge in [-0.15, -0.1) is 0 Å². The summed E-state index contributed by atoms with van der Waals surface area (Å²) in [5, 5.41) is 30.4. The number of hydrogen-bond acceptors (Lipinski definition) is 6. The molecule has 4 N–H and O–H groups in total. The maximum Gasteiger partial charge on any atom is 0.222 e. The molecule has 0 spiro atoms. The van der Waals surface area contributed by atoms with Crippen LogP contribution in [0.4, 0.5) is 0 Å². The van der Waals surface area contributed by atoms with Gasteiger partial charge >= 0.3 is 0 Å². The third kappa shape index (κ3) is 3.63. The van der Waals surface area contributed by atoms with Crippen LogP contribution in [0, 0.1) is 5.41 Å². The number of nitrogens with one attached hydrogen (secondary N) is 2. The molecule has 2 saturated heterocycles. The maximum atomic E-state index is 11.6. The Morgan fingerprint density at radius 3 is 2.95 bits per heavy atom. The van der Waals surface area contributed by atoms with Crippen molar-refractivity contribution in [3.8, 4) is 0 Å². The number of ether oxygens (including phenoxy) is 1. The summed E-state index contributed by atoms with van der Waals surface area (Å²) in [5.41, 5.74) is -0.393. The quantitative estimate of drug-likeness (QED) is 0.407. The summed E-state index contributed by atoms with van der Waals surface area (Å²) in [6, 6.07) is 0. The minimum atomic E-state index is -0.996. The predicted octanol–water partition coefficient (Wildman–Crippen LogP) is -0.667. The number of carbonyl (C=O) groups is 1. The molecule has 0 aromatic rings. The molecule has 0 aliphatic carbocycles. The number of nitrogens with zero attached hydrogens (tertiary/aromatic N) is 1. The molecule has 2 fully saturated rings. The Kier molecular flexibility index (Phi) is 5.25.